The normalized spacial score (nSPS) is 14.9. The molecule has 4 nitrogen and oxygen atoms in total. The van der Waals surface area contributed by atoms with Crippen LogP contribution in [-0.4, -0.2) is 13.1 Å². The second-order valence-corrected chi connectivity index (χ2v) is 6.42. The SMILES string of the molecule is COc1ccc(C2(NC(=O)Nc3cc(Cl)cc(Cl)c3)CC2)cc1. The number of ether oxygens (including phenoxy) is 1. The lowest BCUT2D eigenvalue weighted by Gasteiger charge is -2.19. The van der Waals surface area contributed by atoms with E-state index in [2.05, 4.69) is 10.6 Å². The highest BCUT2D eigenvalue weighted by Gasteiger charge is 2.45. The van der Waals surface area contributed by atoms with E-state index < -0.39 is 0 Å². The molecule has 1 saturated carbocycles. The highest BCUT2D eigenvalue weighted by Crippen LogP contribution is 2.45. The molecule has 0 heterocycles. The molecular weight excluding hydrogens is 335 g/mol. The first kappa shape index (κ1) is 16.0. The number of carbonyl (C=O) groups is 1. The Bertz CT molecular complexity index is 708. The van der Waals surface area contributed by atoms with Gasteiger partial charge in [-0.1, -0.05) is 35.3 Å². The predicted molar refractivity (Wildman–Crippen MR) is 92.5 cm³/mol. The van der Waals surface area contributed by atoms with Gasteiger partial charge in [-0.3, -0.25) is 0 Å². The molecule has 0 aliphatic heterocycles. The van der Waals surface area contributed by atoms with E-state index in [-0.39, 0.29) is 11.6 Å². The van der Waals surface area contributed by atoms with Gasteiger partial charge in [-0.05, 0) is 48.7 Å². The summed E-state index contributed by atoms with van der Waals surface area (Å²) in [4.78, 5) is 12.3. The van der Waals surface area contributed by atoms with Gasteiger partial charge in [-0.2, -0.15) is 0 Å². The Labute approximate surface area is 144 Å². The van der Waals surface area contributed by atoms with Crippen molar-refractivity contribution in [1.82, 2.24) is 5.32 Å². The van der Waals surface area contributed by atoms with Crippen LogP contribution in [-0.2, 0) is 5.54 Å². The molecule has 0 bridgehead atoms. The van der Waals surface area contributed by atoms with Crippen LogP contribution in [0.3, 0.4) is 0 Å². The Morgan fingerprint density at radius 1 is 1.09 bits per heavy atom. The Kier molecular flexibility index (Phi) is 4.37. The number of amides is 2. The monoisotopic (exact) mass is 350 g/mol. The lowest BCUT2D eigenvalue weighted by atomic mass is 10.1. The molecule has 2 aromatic carbocycles. The van der Waals surface area contributed by atoms with Crippen molar-refractivity contribution in [2.45, 2.75) is 18.4 Å². The number of halogens is 2. The Morgan fingerprint density at radius 2 is 1.70 bits per heavy atom. The molecule has 0 atom stereocenters. The Hall–Kier alpha value is -1.91. The van der Waals surface area contributed by atoms with Crippen LogP contribution in [0.4, 0.5) is 10.5 Å². The molecule has 0 aromatic heterocycles. The van der Waals surface area contributed by atoms with E-state index in [1.165, 1.54) is 0 Å². The molecule has 6 heteroatoms. The molecule has 0 spiro atoms. The molecule has 23 heavy (non-hydrogen) atoms. The summed E-state index contributed by atoms with van der Waals surface area (Å²) >= 11 is 11.9. The first-order chi connectivity index (χ1) is 11.0. The van der Waals surface area contributed by atoms with E-state index in [4.69, 9.17) is 27.9 Å². The lowest BCUT2D eigenvalue weighted by molar-refractivity contribution is 0.247. The fraction of sp³-hybridized carbons (Fsp3) is 0.235. The van der Waals surface area contributed by atoms with Gasteiger partial charge in [0.15, 0.2) is 0 Å². The second-order valence-electron chi connectivity index (χ2n) is 5.55. The molecule has 120 valence electrons. The summed E-state index contributed by atoms with van der Waals surface area (Å²) in [6, 6.07) is 12.4. The van der Waals surface area contributed by atoms with Crippen molar-refractivity contribution >= 4 is 34.9 Å². The van der Waals surface area contributed by atoms with Gasteiger partial charge in [0.2, 0.25) is 0 Å². The summed E-state index contributed by atoms with van der Waals surface area (Å²) in [5.74, 6) is 0.794. The summed E-state index contributed by atoms with van der Waals surface area (Å²) in [6.07, 6.45) is 1.81. The van der Waals surface area contributed by atoms with E-state index in [0.29, 0.717) is 15.7 Å². The molecule has 1 aliphatic rings. The van der Waals surface area contributed by atoms with Crippen molar-refractivity contribution in [2.24, 2.45) is 0 Å². The van der Waals surface area contributed by atoms with Crippen LogP contribution in [0.2, 0.25) is 10.0 Å². The molecule has 1 fully saturated rings. The number of nitrogens with one attached hydrogen (secondary N) is 2. The largest absolute Gasteiger partial charge is 0.497 e. The maximum Gasteiger partial charge on any atom is 0.319 e. The minimum Gasteiger partial charge on any atom is -0.497 e. The van der Waals surface area contributed by atoms with Gasteiger partial charge in [0.1, 0.15) is 5.75 Å². The van der Waals surface area contributed by atoms with Crippen molar-refractivity contribution < 1.29 is 9.53 Å². The van der Waals surface area contributed by atoms with E-state index in [1.807, 2.05) is 24.3 Å². The molecule has 0 saturated heterocycles. The Balaban J connectivity index is 1.69. The first-order valence-corrected chi connectivity index (χ1v) is 7.96. The number of anilines is 1. The van der Waals surface area contributed by atoms with Crippen LogP contribution >= 0.6 is 23.2 Å². The van der Waals surface area contributed by atoms with Crippen LogP contribution in [0.1, 0.15) is 18.4 Å². The first-order valence-electron chi connectivity index (χ1n) is 7.20. The molecule has 1 aliphatic carbocycles. The molecule has 3 rings (SSSR count). The Morgan fingerprint density at radius 3 is 2.22 bits per heavy atom. The third-order valence-corrected chi connectivity index (χ3v) is 4.30. The minimum absolute atomic E-state index is 0.281. The summed E-state index contributed by atoms with van der Waals surface area (Å²) in [5, 5.41) is 6.75. The van der Waals surface area contributed by atoms with Crippen molar-refractivity contribution in [3.63, 3.8) is 0 Å². The highest BCUT2D eigenvalue weighted by atomic mass is 35.5. The number of urea groups is 1. The van der Waals surface area contributed by atoms with E-state index in [9.17, 15) is 4.79 Å². The summed E-state index contributed by atoms with van der Waals surface area (Å²) in [5.41, 5.74) is 1.32. The molecular formula is C17H16Cl2N2O2. The minimum atomic E-state index is -0.307. The van der Waals surface area contributed by atoms with Crippen molar-refractivity contribution in [2.75, 3.05) is 12.4 Å². The van der Waals surface area contributed by atoms with Gasteiger partial charge >= 0.3 is 6.03 Å². The number of hydrogen-bond donors (Lipinski definition) is 2. The summed E-state index contributed by atoms with van der Waals surface area (Å²) in [6.45, 7) is 0. The standard InChI is InChI=1S/C17H16Cl2N2O2/c1-23-15-4-2-11(3-5-15)17(6-7-17)21-16(22)20-14-9-12(18)8-13(19)10-14/h2-5,8-10H,6-7H2,1H3,(H2,20,21,22). The van der Waals surface area contributed by atoms with Crippen molar-refractivity contribution in [3.05, 3.63) is 58.1 Å². The van der Waals surface area contributed by atoms with Gasteiger partial charge in [0, 0.05) is 15.7 Å². The van der Waals surface area contributed by atoms with Crippen LogP contribution in [0.5, 0.6) is 5.75 Å². The zero-order valence-corrected chi connectivity index (χ0v) is 14.0. The average Bonchev–Trinajstić information content (AvgIpc) is 3.26. The van der Waals surface area contributed by atoms with Crippen molar-refractivity contribution in [3.8, 4) is 5.75 Å². The van der Waals surface area contributed by atoms with Crippen LogP contribution in [0.25, 0.3) is 0 Å². The average molecular weight is 351 g/mol. The second kappa shape index (κ2) is 6.30. The third-order valence-electron chi connectivity index (χ3n) is 3.87. The third kappa shape index (κ3) is 3.71. The molecule has 0 radical (unpaired) electrons. The maximum absolute atomic E-state index is 12.3. The van der Waals surface area contributed by atoms with Gasteiger partial charge in [-0.15, -0.1) is 0 Å². The van der Waals surface area contributed by atoms with Gasteiger partial charge in [-0.25, -0.2) is 4.79 Å². The molecule has 0 unspecified atom stereocenters. The van der Waals surface area contributed by atoms with Crippen molar-refractivity contribution in [1.29, 1.82) is 0 Å². The summed E-state index contributed by atoms with van der Waals surface area (Å²) < 4.78 is 5.16. The topological polar surface area (TPSA) is 50.4 Å². The summed E-state index contributed by atoms with van der Waals surface area (Å²) in [7, 11) is 1.63. The lowest BCUT2D eigenvalue weighted by Crippen LogP contribution is -2.38. The molecule has 2 amide bonds. The zero-order chi connectivity index (χ0) is 16.4. The number of carbonyl (C=O) groups excluding carboxylic acids is 1. The number of rotatable bonds is 4. The van der Waals surface area contributed by atoms with Crippen LogP contribution in [0.15, 0.2) is 42.5 Å². The zero-order valence-electron chi connectivity index (χ0n) is 12.5. The van der Waals surface area contributed by atoms with E-state index in [1.54, 1.807) is 25.3 Å². The van der Waals surface area contributed by atoms with Crippen LogP contribution in [0, 0.1) is 0 Å². The number of hydrogen-bond acceptors (Lipinski definition) is 2. The highest BCUT2D eigenvalue weighted by molar-refractivity contribution is 6.35. The van der Waals surface area contributed by atoms with E-state index >= 15 is 0 Å². The van der Waals surface area contributed by atoms with Crippen LogP contribution < -0.4 is 15.4 Å². The molecule has 2 aromatic rings. The predicted octanol–water partition coefficient (Wildman–Crippen LogP) is 4.81. The fourth-order valence-electron chi connectivity index (χ4n) is 2.53. The quantitative estimate of drug-likeness (QED) is 0.830. The number of methoxy groups -OCH3 is 1. The number of benzene rings is 2. The van der Waals surface area contributed by atoms with E-state index in [0.717, 1.165) is 24.2 Å². The van der Waals surface area contributed by atoms with Gasteiger partial charge in [0.05, 0.1) is 12.6 Å². The van der Waals surface area contributed by atoms with Gasteiger partial charge in [0.25, 0.3) is 0 Å². The molecule has 2 N–H and O–H groups in total. The van der Waals surface area contributed by atoms with Gasteiger partial charge < -0.3 is 15.4 Å². The smallest absolute Gasteiger partial charge is 0.319 e. The maximum atomic E-state index is 12.3. The fourth-order valence-corrected chi connectivity index (χ4v) is 3.05.